The van der Waals surface area contributed by atoms with Crippen LogP contribution in [0.15, 0.2) is 48.5 Å². The third-order valence-electron chi connectivity index (χ3n) is 3.55. The van der Waals surface area contributed by atoms with E-state index in [1.165, 1.54) is 4.88 Å². The predicted octanol–water partition coefficient (Wildman–Crippen LogP) is 6.17. The molecular weight excluding hydrogens is 340 g/mol. The molecule has 0 radical (unpaired) electrons. The molecule has 0 amide bonds. The molecule has 1 heterocycles. The third-order valence-corrected chi connectivity index (χ3v) is 4.92. The molecule has 3 aromatic rings. The van der Waals surface area contributed by atoms with Gasteiger partial charge in [-0.2, -0.15) is 0 Å². The minimum atomic E-state index is 0.672. The Balaban J connectivity index is 1.85. The first-order valence-electron chi connectivity index (χ1n) is 7.95. The number of anilines is 2. The molecule has 2 aromatic carbocycles. The molecule has 3 rings (SSSR count). The quantitative estimate of drug-likeness (QED) is 0.572. The molecule has 1 N–H and O–H groups in total. The zero-order valence-corrected chi connectivity index (χ0v) is 15.2. The first-order valence-corrected chi connectivity index (χ1v) is 9.14. The Bertz CT molecular complexity index is 797. The van der Waals surface area contributed by atoms with E-state index in [0.29, 0.717) is 6.61 Å². The van der Waals surface area contributed by atoms with Gasteiger partial charge in [-0.15, -0.1) is 11.3 Å². The lowest BCUT2D eigenvalue weighted by Crippen LogP contribution is -1.91. The predicted molar refractivity (Wildman–Crippen MR) is 103 cm³/mol. The summed E-state index contributed by atoms with van der Waals surface area (Å²) in [5, 5.41) is 4.96. The molecular formula is C19H19ClN2OS. The molecule has 1 aromatic heterocycles. The van der Waals surface area contributed by atoms with Crippen LogP contribution in [-0.4, -0.2) is 11.6 Å². The summed E-state index contributed by atoms with van der Waals surface area (Å²) >= 11 is 7.61. The summed E-state index contributed by atoms with van der Waals surface area (Å²) in [6.07, 6.45) is 0.947. The fourth-order valence-electron chi connectivity index (χ4n) is 2.40. The molecule has 0 spiro atoms. The SMILES string of the molecule is CCOc1ccc(-c2nc(Nc3ccc(Cl)cc3)sc2CC)cc1. The van der Waals surface area contributed by atoms with E-state index < -0.39 is 0 Å². The molecule has 24 heavy (non-hydrogen) atoms. The second-order valence-corrected chi connectivity index (χ2v) is 6.75. The van der Waals surface area contributed by atoms with Gasteiger partial charge in [-0.25, -0.2) is 4.98 Å². The van der Waals surface area contributed by atoms with Crippen LogP contribution < -0.4 is 10.1 Å². The van der Waals surface area contributed by atoms with Crippen LogP contribution in [0.2, 0.25) is 5.02 Å². The maximum absolute atomic E-state index is 5.93. The number of hydrogen-bond donors (Lipinski definition) is 1. The topological polar surface area (TPSA) is 34.1 Å². The lowest BCUT2D eigenvalue weighted by Gasteiger charge is -2.04. The summed E-state index contributed by atoms with van der Waals surface area (Å²) in [4.78, 5) is 6.04. The van der Waals surface area contributed by atoms with Crippen LogP contribution in [0.25, 0.3) is 11.3 Å². The minimum absolute atomic E-state index is 0.672. The van der Waals surface area contributed by atoms with Gasteiger partial charge in [0.2, 0.25) is 0 Å². The van der Waals surface area contributed by atoms with Crippen LogP contribution >= 0.6 is 22.9 Å². The zero-order valence-electron chi connectivity index (χ0n) is 13.7. The van der Waals surface area contributed by atoms with E-state index in [0.717, 1.165) is 39.3 Å². The Morgan fingerprint density at radius 3 is 2.38 bits per heavy atom. The lowest BCUT2D eigenvalue weighted by molar-refractivity contribution is 0.340. The molecule has 0 unspecified atom stereocenters. The molecule has 0 aliphatic carbocycles. The summed E-state index contributed by atoms with van der Waals surface area (Å²) in [5.74, 6) is 0.883. The smallest absolute Gasteiger partial charge is 0.187 e. The molecule has 0 saturated carbocycles. The third kappa shape index (κ3) is 3.89. The number of ether oxygens (including phenoxy) is 1. The number of nitrogens with one attached hydrogen (secondary N) is 1. The highest BCUT2D eigenvalue weighted by Gasteiger charge is 2.12. The number of nitrogens with zero attached hydrogens (tertiary/aromatic N) is 1. The van der Waals surface area contributed by atoms with Gasteiger partial charge >= 0.3 is 0 Å². The summed E-state index contributed by atoms with van der Waals surface area (Å²) < 4.78 is 5.51. The summed E-state index contributed by atoms with van der Waals surface area (Å²) in [5.41, 5.74) is 3.12. The first kappa shape index (κ1) is 16.8. The summed E-state index contributed by atoms with van der Waals surface area (Å²) in [7, 11) is 0. The normalized spacial score (nSPS) is 10.6. The van der Waals surface area contributed by atoms with Crippen molar-refractivity contribution in [3.05, 3.63) is 58.4 Å². The summed E-state index contributed by atoms with van der Waals surface area (Å²) in [6.45, 7) is 4.81. The van der Waals surface area contributed by atoms with Crippen molar-refractivity contribution in [2.24, 2.45) is 0 Å². The molecule has 0 aliphatic rings. The van der Waals surface area contributed by atoms with Crippen molar-refractivity contribution in [3.63, 3.8) is 0 Å². The van der Waals surface area contributed by atoms with Crippen molar-refractivity contribution < 1.29 is 4.74 Å². The molecule has 0 aliphatic heterocycles. The van der Waals surface area contributed by atoms with Crippen LogP contribution in [0.3, 0.4) is 0 Å². The van der Waals surface area contributed by atoms with Crippen LogP contribution in [-0.2, 0) is 6.42 Å². The van der Waals surface area contributed by atoms with Gasteiger partial charge in [-0.1, -0.05) is 18.5 Å². The van der Waals surface area contributed by atoms with Gasteiger partial charge < -0.3 is 10.1 Å². The molecule has 0 fully saturated rings. The lowest BCUT2D eigenvalue weighted by atomic mass is 10.1. The van der Waals surface area contributed by atoms with Gasteiger partial charge in [0.1, 0.15) is 5.75 Å². The van der Waals surface area contributed by atoms with Crippen LogP contribution in [0.1, 0.15) is 18.7 Å². The van der Waals surface area contributed by atoms with E-state index in [1.807, 2.05) is 43.3 Å². The van der Waals surface area contributed by atoms with Gasteiger partial charge in [0.25, 0.3) is 0 Å². The molecule has 5 heteroatoms. The highest BCUT2D eigenvalue weighted by atomic mass is 35.5. The number of thiazole rings is 1. The van der Waals surface area contributed by atoms with E-state index in [1.54, 1.807) is 11.3 Å². The van der Waals surface area contributed by atoms with Gasteiger partial charge in [0.05, 0.1) is 12.3 Å². The van der Waals surface area contributed by atoms with Crippen LogP contribution in [0.4, 0.5) is 10.8 Å². The van der Waals surface area contributed by atoms with Crippen LogP contribution in [0, 0.1) is 0 Å². The molecule has 3 nitrogen and oxygen atoms in total. The number of halogens is 1. The van der Waals surface area contributed by atoms with Gasteiger partial charge in [0.15, 0.2) is 5.13 Å². The maximum atomic E-state index is 5.93. The van der Waals surface area contributed by atoms with Crippen molar-refractivity contribution in [1.82, 2.24) is 4.98 Å². The standard InChI is InChI=1S/C19H19ClN2OS/c1-3-17-18(13-5-11-16(12-6-13)23-4-2)22-19(24-17)21-15-9-7-14(20)8-10-15/h5-12H,3-4H2,1-2H3,(H,21,22). The molecule has 0 saturated heterocycles. The number of hydrogen-bond acceptors (Lipinski definition) is 4. The summed E-state index contributed by atoms with van der Waals surface area (Å²) in [6, 6.07) is 15.7. The van der Waals surface area contributed by atoms with Crippen molar-refractivity contribution in [1.29, 1.82) is 0 Å². The van der Waals surface area contributed by atoms with Crippen molar-refractivity contribution in [2.75, 3.05) is 11.9 Å². The van der Waals surface area contributed by atoms with Crippen molar-refractivity contribution in [3.8, 4) is 17.0 Å². The Morgan fingerprint density at radius 1 is 1.04 bits per heavy atom. The first-order chi connectivity index (χ1) is 11.7. The fourth-order valence-corrected chi connectivity index (χ4v) is 3.47. The van der Waals surface area contributed by atoms with Crippen molar-refractivity contribution >= 4 is 33.8 Å². The van der Waals surface area contributed by atoms with E-state index in [9.17, 15) is 0 Å². The Hall–Kier alpha value is -2.04. The highest BCUT2D eigenvalue weighted by Crippen LogP contribution is 2.34. The highest BCUT2D eigenvalue weighted by molar-refractivity contribution is 7.16. The maximum Gasteiger partial charge on any atom is 0.187 e. The zero-order chi connectivity index (χ0) is 16.9. The number of benzene rings is 2. The van der Waals surface area contributed by atoms with Gasteiger partial charge in [0, 0.05) is 21.2 Å². The largest absolute Gasteiger partial charge is 0.494 e. The fraction of sp³-hybridized carbons (Fsp3) is 0.211. The van der Waals surface area contributed by atoms with E-state index in [2.05, 4.69) is 24.4 Å². The molecule has 0 atom stereocenters. The van der Waals surface area contributed by atoms with Gasteiger partial charge in [-0.05, 0) is 61.9 Å². The van der Waals surface area contributed by atoms with E-state index >= 15 is 0 Å². The monoisotopic (exact) mass is 358 g/mol. The van der Waals surface area contributed by atoms with Gasteiger partial charge in [-0.3, -0.25) is 0 Å². The number of aryl methyl sites for hydroxylation is 1. The number of aromatic nitrogens is 1. The van der Waals surface area contributed by atoms with E-state index in [-0.39, 0.29) is 0 Å². The molecule has 124 valence electrons. The minimum Gasteiger partial charge on any atom is -0.494 e. The second-order valence-electron chi connectivity index (χ2n) is 5.23. The Kier molecular flexibility index (Phi) is 5.38. The average Bonchev–Trinajstić information content (AvgIpc) is 3.01. The average molecular weight is 359 g/mol. The Labute approximate surface area is 151 Å². The van der Waals surface area contributed by atoms with Crippen LogP contribution in [0.5, 0.6) is 5.75 Å². The number of rotatable bonds is 6. The second kappa shape index (κ2) is 7.69. The van der Waals surface area contributed by atoms with E-state index in [4.69, 9.17) is 21.3 Å². The Morgan fingerprint density at radius 2 is 1.75 bits per heavy atom. The molecule has 0 bridgehead atoms. The van der Waals surface area contributed by atoms with Crippen molar-refractivity contribution in [2.45, 2.75) is 20.3 Å².